The molecule has 0 aliphatic carbocycles. The Balaban J connectivity index is 2.68. The van der Waals surface area contributed by atoms with Crippen LogP contribution in [-0.2, 0) is 10.0 Å². The van der Waals surface area contributed by atoms with Crippen LogP contribution in [0.1, 0.15) is 13.3 Å². The lowest BCUT2D eigenvalue weighted by atomic mass is 10.3. The maximum absolute atomic E-state index is 12.5. The zero-order chi connectivity index (χ0) is 15.9. The summed E-state index contributed by atoms with van der Waals surface area (Å²) in [5.74, 6) is 0. The predicted molar refractivity (Wildman–Crippen MR) is 86.6 cm³/mol. The van der Waals surface area contributed by atoms with E-state index in [2.05, 4.69) is 5.32 Å². The van der Waals surface area contributed by atoms with Crippen molar-refractivity contribution in [2.24, 2.45) is 0 Å². The van der Waals surface area contributed by atoms with E-state index in [1.165, 1.54) is 10.6 Å². The van der Waals surface area contributed by atoms with Crippen LogP contribution in [0, 0.1) is 5.41 Å². The first kappa shape index (κ1) is 18.0. The number of quaternary nitrogens is 1. The zero-order valence-corrected chi connectivity index (χ0v) is 14.0. The van der Waals surface area contributed by atoms with Crippen molar-refractivity contribution in [1.29, 1.82) is 5.41 Å². The maximum Gasteiger partial charge on any atom is 0.242 e. The molecule has 0 aromatic heterocycles. The van der Waals surface area contributed by atoms with Gasteiger partial charge in [0.05, 0.1) is 25.5 Å². The predicted octanol–water partition coefficient (Wildman–Crippen LogP) is 0.755. The first-order valence-electron chi connectivity index (χ1n) is 7.21. The van der Waals surface area contributed by atoms with Gasteiger partial charge in [0, 0.05) is 32.6 Å². The van der Waals surface area contributed by atoms with Gasteiger partial charge < -0.3 is 5.32 Å². The van der Waals surface area contributed by atoms with E-state index in [0.29, 0.717) is 35.6 Å². The highest BCUT2D eigenvalue weighted by Crippen LogP contribution is 2.15. The molecule has 2 N–H and O–H groups in total. The summed E-state index contributed by atoms with van der Waals surface area (Å²) in [5.41, 5.74) is 0. The molecule has 0 atom stereocenters. The van der Waals surface area contributed by atoms with E-state index in [1.807, 2.05) is 20.2 Å². The lowest BCUT2D eigenvalue weighted by Crippen LogP contribution is -2.46. The van der Waals surface area contributed by atoms with Crippen molar-refractivity contribution in [3.05, 3.63) is 23.1 Å². The smallest absolute Gasteiger partial charge is 0.242 e. The molecule has 1 aliphatic heterocycles. The second-order valence-corrected chi connectivity index (χ2v) is 7.61. The van der Waals surface area contributed by atoms with Crippen LogP contribution in [0.4, 0.5) is 0 Å². The van der Waals surface area contributed by atoms with Crippen molar-refractivity contribution in [2.45, 2.75) is 13.3 Å². The zero-order valence-electron chi connectivity index (χ0n) is 13.2. The van der Waals surface area contributed by atoms with Gasteiger partial charge in [-0.05, 0) is 13.0 Å². The van der Waals surface area contributed by atoms with Crippen LogP contribution in [-0.4, -0.2) is 70.4 Å². The van der Waals surface area contributed by atoms with Gasteiger partial charge in [-0.3, -0.25) is 9.89 Å². The van der Waals surface area contributed by atoms with Crippen molar-refractivity contribution in [1.82, 2.24) is 9.62 Å². The summed E-state index contributed by atoms with van der Waals surface area (Å²) in [6.07, 6.45) is 7.31. The van der Waals surface area contributed by atoms with Gasteiger partial charge >= 0.3 is 0 Å². The number of hydrogen-bond donors (Lipinski definition) is 2. The first-order valence-corrected chi connectivity index (χ1v) is 8.65. The second kappa shape index (κ2) is 7.84. The molecule has 0 radical (unpaired) electrons. The summed E-state index contributed by atoms with van der Waals surface area (Å²) >= 11 is 0. The SMILES string of the molecule is CC=C(C=CCC[N+](C)(C)C=N)S(=O)(=O)N1CCNCC1. The minimum Gasteiger partial charge on any atom is -0.314 e. The molecule has 0 aromatic rings. The summed E-state index contributed by atoms with van der Waals surface area (Å²) in [4.78, 5) is 0.351. The molecule has 0 bridgehead atoms. The van der Waals surface area contributed by atoms with Crippen molar-refractivity contribution in [3.63, 3.8) is 0 Å². The van der Waals surface area contributed by atoms with Crippen molar-refractivity contribution < 1.29 is 12.9 Å². The maximum atomic E-state index is 12.5. The lowest BCUT2D eigenvalue weighted by molar-refractivity contribution is -0.792. The van der Waals surface area contributed by atoms with E-state index in [-0.39, 0.29) is 0 Å². The van der Waals surface area contributed by atoms with Gasteiger partial charge in [-0.2, -0.15) is 4.31 Å². The summed E-state index contributed by atoms with van der Waals surface area (Å²) in [5, 5.41) is 10.5. The molecule has 1 fully saturated rings. The van der Waals surface area contributed by atoms with Crippen LogP contribution in [0.15, 0.2) is 23.1 Å². The Morgan fingerprint density at radius 3 is 2.48 bits per heavy atom. The molecule has 7 heteroatoms. The third-order valence-corrected chi connectivity index (χ3v) is 5.51. The van der Waals surface area contributed by atoms with Gasteiger partial charge in [-0.25, -0.2) is 8.42 Å². The molecule has 0 unspecified atom stereocenters. The van der Waals surface area contributed by atoms with Gasteiger partial charge in [-0.1, -0.05) is 12.2 Å². The Hall–Kier alpha value is -1.02. The van der Waals surface area contributed by atoms with E-state index < -0.39 is 10.0 Å². The standard InChI is InChI=1S/C14H27N4O2S/c1-4-14(7-5-6-12-18(2,3)13-15)21(19,20)17-10-8-16-9-11-17/h4-5,7,13,15-16H,6,8-12H2,1-3H3/q+1. The monoisotopic (exact) mass is 315 g/mol. The van der Waals surface area contributed by atoms with E-state index in [0.717, 1.165) is 13.0 Å². The molecule has 0 spiro atoms. The molecule has 1 rings (SSSR count). The number of nitrogens with zero attached hydrogens (tertiary/aromatic N) is 2. The number of hydrogen-bond acceptors (Lipinski definition) is 4. The third kappa shape index (κ3) is 5.35. The summed E-state index contributed by atoms with van der Waals surface area (Å²) in [7, 11) is 0.501. The fourth-order valence-electron chi connectivity index (χ4n) is 2.04. The van der Waals surface area contributed by atoms with Crippen molar-refractivity contribution >= 4 is 16.4 Å². The number of sulfonamides is 1. The Morgan fingerprint density at radius 2 is 1.95 bits per heavy atom. The fraction of sp³-hybridized carbons (Fsp3) is 0.643. The van der Waals surface area contributed by atoms with Crippen LogP contribution in [0.3, 0.4) is 0 Å². The van der Waals surface area contributed by atoms with E-state index in [1.54, 1.807) is 19.1 Å². The minimum absolute atomic E-state index is 0.351. The normalized spacial score (nSPS) is 19.1. The number of nitrogens with one attached hydrogen (secondary N) is 2. The molecule has 0 amide bonds. The van der Waals surface area contributed by atoms with Crippen molar-refractivity contribution in [2.75, 3.05) is 46.8 Å². The van der Waals surface area contributed by atoms with Crippen molar-refractivity contribution in [3.8, 4) is 0 Å². The summed E-state index contributed by atoms with van der Waals surface area (Å²) in [6.45, 7) is 4.95. The van der Waals surface area contributed by atoms with Gasteiger partial charge in [0.1, 0.15) is 0 Å². The molecule has 120 valence electrons. The van der Waals surface area contributed by atoms with Gasteiger partial charge in [0.15, 0.2) is 6.34 Å². The largest absolute Gasteiger partial charge is 0.314 e. The number of allylic oxidation sites excluding steroid dienone is 2. The van der Waals surface area contributed by atoms with Crippen LogP contribution in [0.25, 0.3) is 0 Å². The van der Waals surface area contributed by atoms with Gasteiger partial charge in [-0.15, -0.1) is 0 Å². The highest BCUT2D eigenvalue weighted by molar-refractivity contribution is 7.93. The molecule has 0 saturated carbocycles. The Labute approximate surface area is 128 Å². The number of piperazine rings is 1. The molecule has 1 saturated heterocycles. The molecule has 21 heavy (non-hydrogen) atoms. The highest BCUT2D eigenvalue weighted by atomic mass is 32.2. The third-order valence-electron chi connectivity index (χ3n) is 3.50. The van der Waals surface area contributed by atoms with Gasteiger partial charge in [0.25, 0.3) is 0 Å². The second-order valence-electron chi connectivity index (χ2n) is 5.67. The Bertz CT molecular complexity index is 503. The molecule has 1 aliphatic rings. The van der Waals surface area contributed by atoms with Gasteiger partial charge in [0.2, 0.25) is 10.0 Å². The van der Waals surface area contributed by atoms with E-state index in [9.17, 15) is 8.42 Å². The Kier molecular flexibility index (Phi) is 6.73. The van der Waals surface area contributed by atoms with E-state index in [4.69, 9.17) is 5.41 Å². The highest BCUT2D eigenvalue weighted by Gasteiger charge is 2.25. The average Bonchev–Trinajstić information content (AvgIpc) is 2.48. The first-order chi connectivity index (χ1) is 9.83. The number of rotatable bonds is 7. The topological polar surface area (TPSA) is 73.3 Å². The molecule has 6 nitrogen and oxygen atoms in total. The summed E-state index contributed by atoms with van der Waals surface area (Å²) < 4.78 is 27.0. The lowest BCUT2D eigenvalue weighted by Gasteiger charge is -2.27. The van der Waals surface area contributed by atoms with Crippen LogP contribution in [0.2, 0.25) is 0 Å². The van der Waals surface area contributed by atoms with E-state index >= 15 is 0 Å². The molecular formula is C14H27N4O2S+. The molecule has 1 heterocycles. The Morgan fingerprint density at radius 1 is 1.33 bits per heavy atom. The quantitative estimate of drug-likeness (QED) is 0.315. The fourth-order valence-corrected chi connectivity index (χ4v) is 3.56. The molecular weight excluding hydrogens is 288 g/mol. The van der Waals surface area contributed by atoms with Crippen LogP contribution < -0.4 is 5.32 Å². The van der Waals surface area contributed by atoms with Crippen LogP contribution >= 0.6 is 0 Å². The van der Waals surface area contributed by atoms with Crippen LogP contribution in [0.5, 0.6) is 0 Å². The molecule has 0 aromatic carbocycles. The summed E-state index contributed by atoms with van der Waals surface area (Å²) in [6, 6.07) is 0. The average molecular weight is 315 g/mol. The minimum atomic E-state index is -3.38.